The van der Waals surface area contributed by atoms with Gasteiger partial charge < -0.3 is 9.84 Å². The van der Waals surface area contributed by atoms with Crippen LogP contribution in [0.2, 0.25) is 0 Å². The van der Waals surface area contributed by atoms with Crippen molar-refractivity contribution in [2.45, 2.75) is 26.8 Å². The molecule has 0 saturated carbocycles. The molecule has 1 aromatic carbocycles. The number of hydrogen-bond donors (Lipinski definition) is 1. The van der Waals surface area contributed by atoms with Crippen molar-refractivity contribution >= 4 is 27.9 Å². The molecule has 27 heavy (non-hydrogen) atoms. The summed E-state index contributed by atoms with van der Waals surface area (Å²) in [7, 11) is 0. The van der Waals surface area contributed by atoms with E-state index in [1.807, 2.05) is 13.8 Å². The van der Waals surface area contributed by atoms with Crippen LogP contribution in [0.4, 0.5) is 4.39 Å². The van der Waals surface area contributed by atoms with Crippen LogP contribution in [0.1, 0.15) is 35.5 Å². The van der Waals surface area contributed by atoms with Gasteiger partial charge in [0.2, 0.25) is 5.91 Å². The Morgan fingerprint density at radius 2 is 2.19 bits per heavy atom. The first kappa shape index (κ1) is 19.0. The summed E-state index contributed by atoms with van der Waals surface area (Å²) < 4.78 is 21.6. The summed E-state index contributed by atoms with van der Waals surface area (Å²) in [6.07, 6.45) is 6.17. The number of aryl methyl sites for hydroxylation is 2. The van der Waals surface area contributed by atoms with Gasteiger partial charge in [0.15, 0.2) is 0 Å². The van der Waals surface area contributed by atoms with Gasteiger partial charge in [-0.15, -0.1) is 0 Å². The number of aromatic nitrogens is 3. The fourth-order valence-electron chi connectivity index (χ4n) is 2.86. The zero-order valence-corrected chi connectivity index (χ0v) is 16.6. The monoisotopic (exact) mass is 432 g/mol. The molecule has 2 aromatic heterocycles. The molecule has 6 nitrogen and oxygen atoms in total. The van der Waals surface area contributed by atoms with Crippen LogP contribution in [0.25, 0.3) is 11.8 Å². The Labute approximate surface area is 164 Å². The summed E-state index contributed by atoms with van der Waals surface area (Å²) in [5.74, 6) is -0.0487. The van der Waals surface area contributed by atoms with Gasteiger partial charge in [-0.1, -0.05) is 11.2 Å². The minimum absolute atomic E-state index is 0.245. The van der Waals surface area contributed by atoms with Crippen LogP contribution in [0, 0.1) is 19.7 Å². The van der Waals surface area contributed by atoms with E-state index >= 15 is 0 Å². The van der Waals surface area contributed by atoms with Gasteiger partial charge >= 0.3 is 0 Å². The van der Waals surface area contributed by atoms with Crippen LogP contribution in [0.5, 0.6) is 0 Å². The van der Waals surface area contributed by atoms with Crippen molar-refractivity contribution in [3.05, 3.63) is 69.5 Å². The Morgan fingerprint density at radius 1 is 1.41 bits per heavy atom. The molecule has 1 amide bonds. The van der Waals surface area contributed by atoms with Crippen molar-refractivity contribution in [3.8, 4) is 5.69 Å². The van der Waals surface area contributed by atoms with Crippen molar-refractivity contribution < 1.29 is 13.7 Å². The third kappa shape index (κ3) is 4.33. The second-order valence-corrected chi connectivity index (χ2v) is 7.03. The molecule has 140 valence electrons. The molecule has 0 bridgehead atoms. The first-order valence-electron chi connectivity index (χ1n) is 8.26. The topological polar surface area (TPSA) is 73.0 Å². The summed E-state index contributed by atoms with van der Waals surface area (Å²) in [6.45, 7) is 5.48. The number of amides is 1. The Hall–Kier alpha value is -2.74. The fourth-order valence-corrected chi connectivity index (χ4v) is 3.14. The van der Waals surface area contributed by atoms with E-state index in [4.69, 9.17) is 4.52 Å². The summed E-state index contributed by atoms with van der Waals surface area (Å²) in [6, 6.07) is 4.44. The van der Waals surface area contributed by atoms with E-state index in [1.54, 1.807) is 37.5 Å². The molecule has 1 atom stereocenters. The van der Waals surface area contributed by atoms with Gasteiger partial charge in [0.25, 0.3) is 0 Å². The molecular formula is C19H18BrFN4O2. The summed E-state index contributed by atoms with van der Waals surface area (Å²) in [4.78, 5) is 12.2. The zero-order chi connectivity index (χ0) is 19.6. The Bertz CT molecular complexity index is 990. The smallest absolute Gasteiger partial charge is 0.244 e. The predicted octanol–water partition coefficient (Wildman–Crippen LogP) is 4.27. The van der Waals surface area contributed by atoms with Crippen molar-refractivity contribution in [2.24, 2.45) is 0 Å². The number of carbonyl (C=O) groups excluding carboxylic acids is 1. The van der Waals surface area contributed by atoms with E-state index in [0.717, 1.165) is 15.7 Å². The Morgan fingerprint density at radius 3 is 2.78 bits per heavy atom. The number of nitrogens with zero attached hydrogens (tertiary/aromatic N) is 3. The molecule has 0 spiro atoms. The fraction of sp³-hybridized carbons (Fsp3) is 0.211. The van der Waals surface area contributed by atoms with Gasteiger partial charge in [-0.3, -0.25) is 4.79 Å². The zero-order valence-electron chi connectivity index (χ0n) is 15.0. The third-order valence-corrected chi connectivity index (χ3v) is 4.49. The number of nitrogens with one attached hydrogen (secondary N) is 1. The van der Waals surface area contributed by atoms with Crippen LogP contribution in [0.15, 0.2) is 45.7 Å². The van der Waals surface area contributed by atoms with E-state index in [2.05, 4.69) is 31.5 Å². The molecule has 0 aliphatic rings. The molecule has 0 fully saturated rings. The van der Waals surface area contributed by atoms with Crippen molar-refractivity contribution in [3.63, 3.8) is 0 Å². The van der Waals surface area contributed by atoms with Gasteiger partial charge in [-0.05, 0) is 60.5 Å². The van der Waals surface area contributed by atoms with E-state index in [-0.39, 0.29) is 11.9 Å². The van der Waals surface area contributed by atoms with Gasteiger partial charge in [-0.25, -0.2) is 9.07 Å². The molecular weight excluding hydrogens is 415 g/mol. The lowest BCUT2D eigenvalue weighted by atomic mass is 10.1. The maximum absolute atomic E-state index is 14.3. The lowest BCUT2D eigenvalue weighted by Crippen LogP contribution is -2.25. The number of carbonyl (C=O) groups is 1. The molecule has 0 aliphatic heterocycles. The molecule has 1 unspecified atom stereocenters. The first-order chi connectivity index (χ1) is 12.8. The maximum atomic E-state index is 14.3. The second kappa shape index (κ2) is 7.87. The van der Waals surface area contributed by atoms with Crippen LogP contribution >= 0.6 is 15.9 Å². The van der Waals surface area contributed by atoms with Crippen LogP contribution < -0.4 is 5.32 Å². The molecule has 1 N–H and O–H groups in total. The molecule has 0 aliphatic carbocycles. The first-order valence-corrected chi connectivity index (χ1v) is 9.06. The predicted molar refractivity (Wildman–Crippen MR) is 103 cm³/mol. The molecule has 8 heteroatoms. The number of halogens is 2. The van der Waals surface area contributed by atoms with Crippen molar-refractivity contribution in [1.29, 1.82) is 0 Å². The second-order valence-electron chi connectivity index (χ2n) is 6.12. The minimum Gasteiger partial charge on any atom is -0.361 e. The van der Waals surface area contributed by atoms with Crippen LogP contribution in [0.3, 0.4) is 0 Å². The van der Waals surface area contributed by atoms with Crippen molar-refractivity contribution in [2.75, 3.05) is 0 Å². The minimum atomic E-state index is -0.433. The summed E-state index contributed by atoms with van der Waals surface area (Å²) >= 11 is 3.28. The highest BCUT2D eigenvalue weighted by atomic mass is 79.9. The molecule has 3 rings (SSSR count). The SMILES string of the molecule is Cc1noc(C)c1C(C)NC(=O)/C=C/c1ccc(-n2cc(Br)cn2)c(F)c1. The summed E-state index contributed by atoms with van der Waals surface area (Å²) in [5.41, 5.74) is 2.50. The van der Waals surface area contributed by atoms with Gasteiger partial charge in [0.05, 0.1) is 22.4 Å². The highest BCUT2D eigenvalue weighted by Crippen LogP contribution is 2.21. The highest BCUT2D eigenvalue weighted by Gasteiger charge is 2.17. The van der Waals surface area contributed by atoms with E-state index in [9.17, 15) is 9.18 Å². The number of rotatable bonds is 5. The van der Waals surface area contributed by atoms with E-state index in [0.29, 0.717) is 17.0 Å². The third-order valence-electron chi connectivity index (χ3n) is 4.08. The van der Waals surface area contributed by atoms with Crippen LogP contribution in [-0.2, 0) is 4.79 Å². The molecule has 0 saturated heterocycles. The molecule has 2 heterocycles. The highest BCUT2D eigenvalue weighted by molar-refractivity contribution is 9.10. The number of benzene rings is 1. The Balaban J connectivity index is 1.68. The number of hydrogen-bond acceptors (Lipinski definition) is 4. The largest absolute Gasteiger partial charge is 0.361 e. The molecule has 3 aromatic rings. The van der Waals surface area contributed by atoms with E-state index in [1.165, 1.54) is 16.8 Å². The van der Waals surface area contributed by atoms with Crippen LogP contribution in [-0.4, -0.2) is 20.8 Å². The molecule has 0 radical (unpaired) electrons. The average molecular weight is 433 g/mol. The lowest BCUT2D eigenvalue weighted by Gasteiger charge is -2.12. The lowest BCUT2D eigenvalue weighted by molar-refractivity contribution is -0.117. The Kier molecular flexibility index (Phi) is 5.55. The van der Waals surface area contributed by atoms with E-state index < -0.39 is 5.82 Å². The van der Waals surface area contributed by atoms with Crippen molar-refractivity contribution in [1.82, 2.24) is 20.3 Å². The quantitative estimate of drug-likeness (QED) is 0.610. The summed E-state index contributed by atoms with van der Waals surface area (Å²) in [5, 5.41) is 10.8. The maximum Gasteiger partial charge on any atom is 0.244 e. The van der Waals surface area contributed by atoms with Gasteiger partial charge in [-0.2, -0.15) is 5.10 Å². The average Bonchev–Trinajstić information content (AvgIpc) is 3.18. The van der Waals surface area contributed by atoms with Gasteiger partial charge in [0.1, 0.15) is 17.3 Å². The van der Waals surface area contributed by atoms with Gasteiger partial charge in [0, 0.05) is 17.8 Å². The normalized spacial score (nSPS) is 12.5. The standard InChI is InChI=1S/C19H18BrFN4O2/c1-11(19-12(2)24-27-13(19)3)23-18(26)7-5-14-4-6-17(16(21)8-14)25-10-15(20)9-22-25/h4-11H,1-3H3,(H,23,26)/b7-5+.